The summed E-state index contributed by atoms with van der Waals surface area (Å²) in [4.78, 5) is 16.1. The number of rotatable bonds is 5. The Morgan fingerprint density at radius 1 is 1.50 bits per heavy atom. The van der Waals surface area contributed by atoms with E-state index in [1.54, 1.807) is 0 Å². The van der Waals surface area contributed by atoms with Crippen LogP contribution in [0.2, 0.25) is 0 Å². The summed E-state index contributed by atoms with van der Waals surface area (Å²) >= 11 is 0. The fourth-order valence-corrected chi connectivity index (χ4v) is 2.33. The van der Waals surface area contributed by atoms with Gasteiger partial charge in [-0.3, -0.25) is 4.79 Å². The highest BCUT2D eigenvalue weighted by molar-refractivity contribution is 5.79. The molecule has 0 bridgehead atoms. The van der Waals surface area contributed by atoms with Gasteiger partial charge in [0.1, 0.15) is 0 Å². The molecule has 4 heteroatoms. The van der Waals surface area contributed by atoms with Crippen molar-refractivity contribution >= 4 is 5.91 Å². The van der Waals surface area contributed by atoms with E-state index in [2.05, 4.69) is 32.8 Å². The highest BCUT2D eigenvalue weighted by Gasteiger charge is 2.34. The lowest BCUT2D eigenvalue weighted by molar-refractivity contribution is -0.130. The topological polar surface area (TPSA) is 49.6 Å². The van der Waals surface area contributed by atoms with Gasteiger partial charge >= 0.3 is 0 Å². The second kappa shape index (κ2) is 5.64. The molecule has 0 aromatic carbocycles. The summed E-state index contributed by atoms with van der Waals surface area (Å²) in [6.45, 7) is 6.75. The lowest BCUT2D eigenvalue weighted by Crippen LogP contribution is -2.46. The average Bonchev–Trinajstić information content (AvgIpc) is 2.55. The molecular formula is C12H25N3O. The molecule has 0 aromatic rings. The molecule has 1 fully saturated rings. The average molecular weight is 227 g/mol. The predicted octanol–water partition coefficient (Wildman–Crippen LogP) is 0.380. The first kappa shape index (κ1) is 13.5. The van der Waals surface area contributed by atoms with Crippen molar-refractivity contribution in [1.29, 1.82) is 0 Å². The lowest BCUT2D eigenvalue weighted by atomic mass is 10.0. The van der Waals surface area contributed by atoms with Gasteiger partial charge in [0.2, 0.25) is 5.91 Å². The first-order valence-electron chi connectivity index (χ1n) is 6.10. The van der Waals surface area contributed by atoms with Crippen molar-refractivity contribution in [3.8, 4) is 0 Å². The van der Waals surface area contributed by atoms with Crippen molar-refractivity contribution in [2.24, 2.45) is 17.6 Å². The summed E-state index contributed by atoms with van der Waals surface area (Å²) in [5.74, 6) is 1.12. The van der Waals surface area contributed by atoms with Gasteiger partial charge in [-0.05, 0) is 32.5 Å². The zero-order valence-corrected chi connectivity index (χ0v) is 10.9. The van der Waals surface area contributed by atoms with E-state index in [0.29, 0.717) is 30.8 Å². The van der Waals surface area contributed by atoms with Crippen LogP contribution in [-0.2, 0) is 4.79 Å². The number of nitrogens with two attached hydrogens (primary N) is 1. The van der Waals surface area contributed by atoms with Gasteiger partial charge in [-0.1, -0.05) is 13.8 Å². The Hall–Kier alpha value is -0.610. The monoisotopic (exact) mass is 227 g/mol. The number of nitrogens with zero attached hydrogens (tertiary/aromatic N) is 2. The first-order chi connectivity index (χ1) is 7.45. The van der Waals surface area contributed by atoms with Crippen molar-refractivity contribution in [3.63, 3.8) is 0 Å². The van der Waals surface area contributed by atoms with Gasteiger partial charge < -0.3 is 15.5 Å². The molecule has 16 heavy (non-hydrogen) atoms. The van der Waals surface area contributed by atoms with Crippen LogP contribution in [0.4, 0.5) is 0 Å². The lowest BCUT2D eigenvalue weighted by Gasteiger charge is -2.33. The summed E-state index contributed by atoms with van der Waals surface area (Å²) in [5, 5.41) is 0. The molecule has 0 aromatic heterocycles. The standard InChI is InChI=1S/C12H25N3O/c1-9(2)11(8-14(3)4)15-7-10(6-13)5-12(15)16/h9-11H,5-8,13H2,1-4H3. The van der Waals surface area contributed by atoms with Crippen molar-refractivity contribution in [1.82, 2.24) is 9.80 Å². The van der Waals surface area contributed by atoms with Crippen LogP contribution < -0.4 is 5.73 Å². The van der Waals surface area contributed by atoms with Crippen LogP contribution in [0, 0.1) is 11.8 Å². The van der Waals surface area contributed by atoms with Crippen LogP contribution in [0.5, 0.6) is 0 Å². The smallest absolute Gasteiger partial charge is 0.223 e. The molecule has 1 aliphatic heterocycles. The third-order valence-corrected chi connectivity index (χ3v) is 3.29. The zero-order valence-electron chi connectivity index (χ0n) is 10.9. The molecule has 0 aliphatic carbocycles. The highest BCUT2D eigenvalue weighted by atomic mass is 16.2. The minimum atomic E-state index is 0.274. The summed E-state index contributed by atoms with van der Waals surface area (Å²) in [6.07, 6.45) is 0.632. The van der Waals surface area contributed by atoms with Gasteiger partial charge in [-0.15, -0.1) is 0 Å². The van der Waals surface area contributed by atoms with Crippen LogP contribution in [0.25, 0.3) is 0 Å². The molecule has 2 unspecified atom stereocenters. The second-order valence-electron chi connectivity index (χ2n) is 5.43. The Kier molecular flexibility index (Phi) is 4.74. The van der Waals surface area contributed by atoms with Crippen molar-refractivity contribution in [2.75, 3.05) is 33.7 Å². The number of hydrogen-bond donors (Lipinski definition) is 1. The normalized spacial score (nSPS) is 23.6. The third-order valence-electron chi connectivity index (χ3n) is 3.29. The van der Waals surface area contributed by atoms with E-state index in [1.807, 2.05) is 4.90 Å². The first-order valence-corrected chi connectivity index (χ1v) is 6.10. The maximum atomic E-state index is 11.9. The summed E-state index contributed by atoms with van der Waals surface area (Å²) in [5.41, 5.74) is 5.65. The Morgan fingerprint density at radius 3 is 2.50 bits per heavy atom. The SMILES string of the molecule is CC(C)C(CN(C)C)N1CC(CN)CC1=O. The number of carbonyl (C=O) groups excluding carboxylic acids is 1. The van der Waals surface area contributed by atoms with E-state index < -0.39 is 0 Å². The zero-order chi connectivity index (χ0) is 12.3. The highest BCUT2D eigenvalue weighted by Crippen LogP contribution is 2.23. The van der Waals surface area contributed by atoms with Gasteiger partial charge in [0.05, 0.1) is 0 Å². The van der Waals surface area contributed by atoms with E-state index in [-0.39, 0.29) is 5.91 Å². The van der Waals surface area contributed by atoms with Crippen molar-refractivity contribution in [2.45, 2.75) is 26.3 Å². The molecule has 1 heterocycles. The number of amides is 1. The van der Waals surface area contributed by atoms with Crippen LogP contribution in [0.3, 0.4) is 0 Å². The fourth-order valence-electron chi connectivity index (χ4n) is 2.33. The maximum Gasteiger partial charge on any atom is 0.223 e. The van der Waals surface area contributed by atoms with Gasteiger partial charge in [0, 0.05) is 25.6 Å². The van der Waals surface area contributed by atoms with Crippen LogP contribution in [0.1, 0.15) is 20.3 Å². The largest absolute Gasteiger partial charge is 0.338 e. The summed E-state index contributed by atoms with van der Waals surface area (Å²) < 4.78 is 0. The predicted molar refractivity (Wildman–Crippen MR) is 66.1 cm³/mol. The van der Waals surface area contributed by atoms with E-state index in [4.69, 9.17) is 5.73 Å². The molecule has 4 nitrogen and oxygen atoms in total. The van der Waals surface area contributed by atoms with Gasteiger partial charge in [-0.2, -0.15) is 0 Å². The quantitative estimate of drug-likeness (QED) is 0.739. The van der Waals surface area contributed by atoms with Gasteiger partial charge in [0.15, 0.2) is 0 Å². The van der Waals surface area contributed by atoms with Crippen LogP contribution in [0.15, 0.2) is 0 Å². The minimum absolute atomic E-state index is 0.274. The Labute approximate surface area is 98.8 Å². The molecule has 1 rings (SSSR count). The molecule has 1 aliphatic rings. The molecule has 0 radical (unpaired) electrons. The number of carbonyl (C=O) groups is 1. The summed E-state index contributed by atoms with van der Waals surface area (Å²) in [6, 6.07) is 0.319. The molecule has 0 saturated carbocycles. The number of likely N-dealkylation sites (N-methyl/N-ethyl adjacent to an activating group) is 1. The second-order valence-corrected chi connectivity index (χ2v) is 5.43. The minimum Gasteiger partial charge on any atom is -0.338 e. The number of likely N-dealkylation sites (tertiary alicyclic amines) is 1. The molecule has 1 amide bonds. The van der Waals surface area contributed by atoms with Gasteiger partial charge in [0.25, 0.3) is 0 Å². The number of hydrogen-bond acceptors (Lipinski definition) is 3. The third kappa shape index (κ3) is 3.19. The van der Waals surface area contributed by atoms with E-state index >= 15 is 0 Å². The molecule has 94 valence electrons. The maximum absolute atomic E-state index is 11.9. The van der Waals surface area contributed by atoms with Crippen LogP contribution >= 0.6 is 0 Å². The van der Waals surface area contributed by atoms with E-state index in [9.17, 15) is 4.79 Å². The van der Waals surface area contributed by atoms with Gasteiger partial charge in [-0.25, -0.2) is 0 Å². The Bertz CT molecular complexity index is 240. The molecule has 2 N–H and O–H groups in total. The van der Waals surface area contributed by atoms with E-state index in [0.717, 1.165) is 13.1 Å². The Morgan fingerprint density at radius 2 is 2.12 bits per heavy atom. The molecule has 0 spiro atoms. The van der Waals surface area contributed by atoms with Crippen molar-refractivity contribution in [3.05, 3.63) is 0 Å². The van der Waals surface area contributed by atoms with E-state index in [1.165, 1.54) is 0 Å². The molecule has 2 atom stereocenters. The summed E-state index contributed by atoms with van der Waals surface area (Å²) in [7, 11) is 4.10. The van der Waals surface area contributed by atoms with Crippen LogP contribution in [-0.4, -0.2) is 55.5 Å². The fraction of sp³-hybridized carbons (Fsp3) is 0.917. The van der Waals surface area contributed by atoms with Crippen molar-refractivity contribution < 1.29 is 4.79 Å². The molecular weight excluding hydrogens is 202 g/mol. The molecule has 1 saturated heterocycles. The Balaban J connectivity index is 2.68.